The molecule has 0 radical (unpaired) electrons. The summed E-state index contributed by atoms with van der Waals surface area (Å²) in [5, 5.41) is 9.22. The standard InChI is InChI=1S/C14H16N4O3/c1-4-11-16-12(18-17-11)13(19)15-10-7-5-6-9(8(10)2)14(20)21-3/h5-7H,4H2,1-3H3,(H,15,19)(H,16,17,18). The van der Waals surface area contributed by atoms with Crippen molar-refractivity contribution in [2.75, 3.05) is 12.4 Å². The predicted molar refractivity (Wildman–Crippen MR) is 76.2 cm³/mol. The summed E-state index contributed by atoms with van der Waals surface area (Å²) in [5.74, 6) is -0.180. The Hall–Kier alpha value is -2.70. The fraction of sp³-hybridized carbons (Fsp3) is 0.286. The molecular formula is C14H16N4O3. The van der Waals surface area contributed by atoms with Gasteiger partial charge in [0.15, 0.2) is 0 Å². The Morgan fingerprint density at radius 3 is 2.76 bits per heavy atom. The minimum Gasteiger partial charge on any atom is -0.465 e. The molecule has 0 aliphatic carbocycles. The molecule has 0 saturated carbocycles. The number of carbonyl (C=O) groups excluding carboxylic acids is 2. The van der Waals surface area contributed by atoms with Gasteiger partial charge >= 0.3 is 5.97 Å². The highest BCUT2D eigenvalue weighted by molar-refractivity contribution is 6.03. The number of aromatic amines is 1. The normalized spacial score (nSPS) is 10.2. The molecule has 110 valence electrons. The molecule has 7 nitrogen and oxygen atoms in total. The van der Waals surface area contributed by atoms with Crippen LogP contribution in [0.25, 0.3) is 0 Å². The number of aromatic nitrogens is 3. The van der Waals surface area contributed by atoms with Crippen LogP contribution in [0.1, 0.15) is 39.3 Å². The third kappa shape index (κ3) is 3.07. The van der Waals surface area contributed by atoms with E-state index in [1.165, 1.54) is 7.11 Å². The molecule has 1 aromatic heterocycles. The molecule has 0 aliphatic heterocycles. The van der Waals surface area contributed by atoms with Crippen molar-refractivity contribution >= 4 is 17.6 Å². The van der Waals surface area contributed by atoms with Crippen LogP contribution in [0.4, 0.5) is 5.69 Å². The molecule has 21 heavy (non-hydrogen) atoms. The first kappa shape index (κ1) is 14.7. The van der Waals surface area contributed by atoms with E-state index in [1.54, 1.807) is 25.1 Å². The maximum absolute atomic E-state index is 12.1. The van der Waals surface area contributed by atoms with Crippen LogP contribution in [0.15, 0.2) is 18.2 Å². The summed E-state index contributed by atoms with van der Waals surface area (Å²) in [6.45, 7) is 3.64. The molecule has 7 heteroatoms. The van der Waals surface area contributed by atoms with E-state index in [1.807, 2.05) is 6.92 Å². The SMILES string of the molecule is CCc1nc(C(=O)Nc2cccc(C(=O)OC)c2C)n[nH]1. The molecule has 0 aliphatic rings. The van der Waals surface area contributed by atoms with Crippen molar-refractivity contribution < 1.29 is 14.3 Å². The van der Waals surface area contributed by atoms with E-state index < -0.39 is 11.9 Å². The lowest BCUT2D eigenvalue weighted by Crippen LogP contribution is -2.16. The third-order valence-corrected chi connectivity index (χ3v) is 3.06. The van der Waals surface area contributed by atoms with E-state index in [9.17, 15) is 9.59 Å². The van der Waals surface area contributed by atoms with Crippen molar-refractivity contribution in [3.63, 3.8) is 0 Å². The first-order valence-electron chi connectivity index (χ1n) is 6.47. The fourth-order valence-corrected chi connectivity index (χ4v) is 1.84. The van der Waals surface area contributed by atoms with Gasteiger partial charge in [0.1, 0.15) is 5.82 Å². The molecule has 0 bridgehead atoms. The second-order valence-corrected chi connectivity index (χ2v) is 4.38. The number of nitrogens with one attached hydrogen (secondary N) is 2. The van der Waals surface area contributed by atoms with Gasteiger partial charge in [0.25, 0.3) is 5.91 Å². The molecule has 2 rings (SSSR count). The van der Waals surface area contributed by atoms with Crippen LogP contribution in [-0.2, 0) is 11.2 Å². The number of esters is 1. The lowest BCUT2D eigenvalue weighted by molar-refractivity contribution is 0.0599. The number of methoxy groups -OCH3 is 1. The molecule has 0 atom stereocenters. The average Bonchev–Trinajstić information content (AvgIpc) is 2.97. The Kier molecular flexibility index (Phi) is 4.32. The average molecular weight is 288 g/mol. The molecule has 0 fully saturated rings. The Morgan fingerprint density at radius 2 is 2.14 bits per heavy atom. The molecule has 0 saturated heterocycles. The number of anilines is 1. The highest BCUT2D eigenvalue weighted by atomic mass is 16.5. The molecule has 0 spiro atoms. The molecule has 2 N–H and O–H groups in total. The number of hydrogen-bond acceptors (Lipinski definition) is 5. The minimum absolute atomic E-state index is 0.0646. The Morgan fingerprint density at radius 1 is 1.38 bits per heavy atom. The monoisotopic (exact) mass is 288 g/mol. The van der Waals surface area contributed by atoms with E-state index in [0.29, 0.717) is 29.1 Å². The van der Waals surface area contributed by atoms with Crippen LogP contribution in [0.5, 0.6) is 0 Å². The van der Waals surface area contributed by atoms with Gasteiger partial charge in [-0.05, 0) is 24.6 Å². The molecule has 1 heterocycles. The summed E-state index contributed by atoms with van der Waals surface area (Å²) in [6.07, 6.45) is 0.664. The van der Waals surface area contributed by atoms with Crippen LogP contribution >= 0.6 is 0 Å². The zero-order valence-corrected chi connectivity index (χ0v) is 12.1. The Balaban J connectivity index is 2.23. The third-order valence-electron chi connectivity index (χ3n) is 3.06. The summed E-state index contributed by atoms with van der Waals surface area (Å²) in [4.78, 5) is 27.8. The first-order chi connectivity index (χ1) is 10.1. The number of ether oxygens (including phenoxy) is 1. The summed E-state index contributed by atoms with van der Waals surface area (Å²) in [6, 6.07) is 5.01. The van der Waals surface area contributed by atoms with Gasteiger partial charge in [0.05, 0.1) is 12.7 Å². The van der Waals surface area contributed by atoms with Gasteiger partial charge in [-0.15, -0.1) is 5.10 Å². The lowest BCUT2D eigenvalue weighted by Gasteiger charge is -2.10. The molecule has 1 amide bonds. The van der Waals surface area contributed by atoms with Gasteiger partial charge in [-0.3, -0.25) is 9.89 Å². The van der Waals surface area contributed by atoms with Gasteiger partial charge in [-0.25, -0.2) is 9.78 Å². The second-order valence-electron chi connectivity index (χ2n) is 4.38. The summed E-state index contributed by atoms with van der Waals surface area (Å²) >= 11 is 0. The molecular weight excluding hydrogens is 272 g/mol. The van der Waals surface area contributed by atoms with Crippen LogP contribution in [0.2, 0.25) is 0 Å². The van der Waals surface area contributed by atoms with Gasteiger partial charge in [0.2, 0.25) is 5.82 Å². The van der Waals surface area contributed by atoms with Crippen molar-refractivity contribution in [3.8, 4) is 0 Å². The highest BCUT2D eigenvalue weighted by Crippen LogP contribution is 2.20. The quantitative estimate of drug-likeness (QED) is 0.835. The van der Waals surface area contributed by atoms with E-state index in [-0.39, 0.29) is 5.82 Å². The van der Waals surface area contributed by atoms with Crippen LogP contribution < -0.4 is 5.32 Å². The Bertz CT molecular complexity index is 679. The van der Waals surface area contributed by atoms with Gasteiger partial charge in [0, 0.05) is 12.1 Å². The number of H-pyrrole nitrogens is 1. The first-order valence-corrected chi connectivity index (χ1v) is 6.47. The van der Waals surface area contributed by atoms with Crippen molar-refractivity contribution in [1.82, 2.24) is 15.2 Å². The molecule has 2 aromatic rings. The van der Waals surface area contributed by atoms with Crippen molar-refractivity contribution in [3.05, 3.63) is 41.0 Å². The van der Waals surface area contributed by atoms with Gasteiger partial charge < -0.3 is 10.1 Å². The largest absolute Gasteiger partial charge is 0.465 e. The van der Waals surface area contributed by atoms with Gasteiger partial charge in [-0.2, -0.15) is 0 Å². The molecule has 0 unspecified atom stereocenters. The number of amides is 1. The summed E-state index contributed by atoms with van der Waals surface area (Å²) in [5.41, 5.74) is 1.55. The van der Waals surface area contributed by atoms with Crippen molar-refractivity contribution in [2.45, 2.75) is 20.3 Å². The van der Waals surface area contributed by atoms with Gasteiger partial charge in [-0.1, -0.05) is 13.0 Å². The van der Waals surface area contributed by atoms with Crippen LogP contribution in [0.3, 0.4) is 0 Å². The predicted octanol–water partition coefficient (Wildman–Crippen LogP) is 1.71. The lowest BCUT2D eigenvalue weighted by atomic mass is 10.1. The van der Waals surface area contributed by atoms with E-state index in [2.05, 4.69) is 20.5 Å². The topological polar surface area (TPSA) is 97.0 Å². The number of carbonyl (C=O) groups is 2. The molecule has 1 aromatic carbocycles. The fourth-order valence-electron chi connectivity index (χ4n) is 1.84. The zero-order valence-electron chi connectivity index (χ0n) is 12.1. The van der Waals surface area contributed by atoms with Crippen molar-refractivity contribution in [1.29, 1.82) is 0 Å². The minimum atomic E-state index is -0.449. The van der Waals surface area contributed by atoms with Crippen LogP contribution in [0, 0.1) is 6.92 Å². The highest BCUT2D eigenvalue weighted by Gasteiger charge is 2.16. The Labute approximate surface area is 121 Å². The maximum Gasteiger partial charge on any atom is 0.338 e. The van der Waals surface area contributed by atoms with Crippen LogP contribution in [-0.4, -0.2) is 34.2 Å². The second kappa shape index (κ2) is 6.17. The number of benzene rings is 1. The number of hydrogen-bond donors (Lipinski definition) is 2. The number of aryl methyl sites for hydroxylation is 1. The maximum atomic E-state index is 12.1. The van der Waals surface area contributed by atoms with Crippen molar-refractivity contribution in [2.24, 2.45) is 0 Å². The number of rotatable bonds is 4. The number of nitrogens with zero attached hydrogens (tertiary/aromatic N) is 2. The summed E-state index contributed by atoms with van der Waals surface area (Å²) in [7, 11) is 1.31. The zero-order chi connectivity index (χ0) is 15.4. The van der Waals surface area contributed by atoms with E-state index in [4.69, 9.17) is 4.74 Å². The van der Waals surface area contributed by atoms with E-state index >= 15 is 0 Å². The van der Waals surface area contributed by atoms with E-state index in [0.717, 1.165) is 0 Å². The summed E-state index contributed by atoms with van der Waals surface area (Å²) < 4.78 is 4.70. The smallest absolute Gasteiger partial charge is 0.338 e.